The molecule has 1 unspecified atom stereocenters. The Morgan fingerprint density at radius 1 is 1.31 bits per heavy atom. The molecule has 1 atom stereocenters. The van der Waals surface area contributed by atoms with E-state index in [0.717, 1.165) is 5.56 Å². The van der Waals surface area contributed by atoms with Crippen molar-refractivity contribution in [3.63, 3.8) is 0 Å². The predicted octanol–water partition coefficient (Wildman–Crippen LogP) is 3.09. The van der Waals surface area contributed by atoms with Crippen molar-refractivity contribution in [2.24, 2.45) is 5.92 Å². The van der Waals surface area contributed by atoms with Crippen LogP contribution in [0.4, 0.5) is 0 Å². The molecule has 1 N–H and O–H groups in total. The topological polar surface area (TPSA) is 46.5 Å². The van der Waals surface area contributed by atoms with E-state index < -0.39 is 7.60 Å². The second kappa shape index (κ2) is 6.19. The van der Waals surface area contributed by atoms with Gasteiger partial charge in [0.25, 0.3) is 0 Å². The maximum absolute atomic E-state index is 11.6. The molecule has 90 valence electrons. The summed E-state index contributed by atoms with van der Waals surface area (Å²) in [4.78, 5) is 9.56. The first-order valence-corrected chi connectivity index (χ1v) is 7.26. The summed E-state index contributed by atoms with van der Waals surface area (Å²) in [5, 5.41) is 0. The third-order valence-electron chi connectivity index (χ3n) is 2.14. The van der Waals surface area contributed by atoms with E-state index in [4.69, 9.17) is 4.52 Å². The van der Waals surface area contributed by atoms with Crippen LogP contribution in [-0.4, -0.2) is 17.7 Å². The Hall–Kier alpha value is -0.630. The van der Waals surface area contributed by atoms with Crippen LogP contribution in [0.2, 0.25) is 0 Å². The number of hydrogen-bond donors (Lipinski definition) is 1. The van der Waals surface area contributed by atoms with Gasteiger partial charge >= 0.3 is 7.60 Å². The van der Waals surface area contributed by atoms with Crippen LogP contribution in [0.1, 0.15) is 19.4 Å². The Morgan fingerprint density at radius 2 is 1.94 bits per heavy atom. The van der Waals surface area contributed by atoms with Crippen LogP contribution in [0.5, 0.6) is 0 Å². The number of benzene rings is 1. The largest absolute Gasteiger partial charge is 0.328 e. The van der Waals surface area contributed by atoms with Gasteiger partial charge in [0, 0.05) is 0 Å². The maximum atomic E-state index is 11.6. The smallest absolute Gasteiger partial charge is 0.324 e. The molecule has 1 aromatic carbocycles. The predicted molar refractivity (Wildman–Crippen MR) is 65.6 cm³/mol. The zero-order valence-corrected chi connectivity index (χ0v) is 10.7. The first kappa shape index (κ1) is 13.4. The summed E-state index contributed by atoms with van der Waals surface area (Å²) in [6, 6.07) is 9.67. The third kappa shape index (κ3) is 5.45. The van der Waals surface area contributed by atoms with Crippen LogP contribution in [0.3, 0.4) is 0 Å². The maximum Gasteiger partial charge on any atom is 0.328 e. The Kier molecular flexibility index (Phi) is 5.20. The zero-order chi connectivity index (χ0) is 12.0. The molecule has 3 nitrogen and oxygen atoms in total. The minimum atomic E-state index is -3.41. The minimum Gasteiger partial charge on any atom is -0.324 e. The summed E-state index contributed by atoms with van der Waals surface area (Å²) in [5.41, 5.74) is 1.06. The molecular weight excluding hydrogens is 223 g/mol. The molecule has 4 heteroatoms. The molecule has 0 bridgehead atoms. The quantitative estimate of drug-likeness (QED) is 0.780. The zero-order valence-electron chi connectivity index (χ0n) is 9.80. The summed E-state index contributed by atoms with van der Waals surface area (Å²) < 4.78 is 16.6. The van der Waals surface area contributed by atoms with Gasteiger partial charge < -0.3 is 9.42 Å². The molecule has 0 fully saturated rings. The number of rotatable bonds is 6. The van der Waals surface area contributed by atoms with Crippen LogP contribution in [-0.2, 0) is 15.5 Å². The van der Waals surface area contributed by atoms with Gasteiger partial charge in [-0.3, -0.25) is 4.57 Å². The molecule has 0 saturated heterocycles. The first-order valence-electron chi connectivity index (χ1n) is 5.50. The summed E-state index contributed by atoms with van der Waals surface area (Å²) >= 11 is 0. The third-order valence-corrected chi connectivity index (χ3v) is 3.48. The summed E-state index contributed by atoms with van der Waals surface area (Å²) in [7, 11) is -3.41. The molecule has 1 aromatic rings. The Morgan fingerprint density at radius 3 is 2.50 bits per heavy atom. The van der Waals surface area contributed by atoms with E-state index in [1.54, 1.807) is 0 Å². The fraction of sp³-hybridized carbons (Fsp3) is 0.500. The highest BCUT2D eigenvalue weighted by atomic mass is 31.2. The molecule has 16 heavy (non-hydrogen) atoms. The van der Waals surface area contributed by atoms with Gasteiger partial charge in [-0.25, -0.2) is 0 Å². The van der Waals surface area contributed by atoms with Gasteiger partial charge in [0.05, 0.1) is 12.8 Å². The van der Waals surface area contributed by atoms with Gasteiger partial charge in [0.2, 0.25) is 0 Å². The Labute approximate surface area is 97.0 Å². The van der Waals surface area contributed by atoms with Crippen LogP contribution in [0.25, 0.3) is 0 Å². The van der Waals surface area contributed by atoms with Crippen molar-refractivity contribution in [1.82, 2.24) is 0 Å². The van der Waals surface area contributed by atoms with Gasteiger partial charge in [-0.2, -0.15) is 0 Å². The summed E-state index contributed by atoms with van der Waals surface area (Å²) in [6.45, 7) is 4.25. The van der Waals surface area contributed by atoms with Crippen molar-refractivity contribution < 1.29 is 14.0 Å². The van der Waals surface area contributed by atoms with Crippen molar-refractivity contribution in [2.75, 3.05) is 12.8 Å². The molecule has 0 aliphatic heterocycles. The van der Waals surface area contributed by atoms with Crippen molar-refractivity contribution >= 4 is 7.60 Å². The Bertz CT molecular complexity index is 349. The van der Waals surface area contributed by atoms with Gasteiger partial charge in [0.15, 0.2) is 0 Å². The first-order chi connectivity index (χ1) is 7.49. The lowest BCUT2D eigenvalue weighted by Crippen LogP contribution is -2.03. The molecule has 1 rings (SSSR count). The average Bonchev–Trinajstić information content (AvgIpc) is 2.26. The van der Waals surface area contributed by atoms with E-state index in [9.17, 15) is 9.46 Å². The fourth-order valence-corrected chi connectivity index (χ4v) is 2.45. The van der Waals surface area contributed by atoms with Gasteiger partial charge in [-0.05, 0) is 17.9 Å². The van der Waals surface area contributed by atoms with Crippen molar-refractivity contribution in [3.8, 4) is 0 Å². The number of hydrogen-bond acceptors (Lipinski definition) is 2. The molecule has 0 aliphatic carbocycles. The second-order valence-electron chi connectivity index (χ2n) is 4.29. The highest BCUT2D eigenvalue weighted by Gasteiger charge is 2.19. The Balaban J connectivity index is 2.39. The summed E-state index contributed by atoms with van der Waals surface area (Å²) in [6.07, 6.45) is 0.760. The van der Waals surface area contributed by atoms with E-state index in [1.807, 2.05) is 44.2 Å². The summed E-state index contributed by atoms with van der Waals surface area (Å²) in [5.74, 6) is 0.275. The van der Waals surface area contributed by atoms with Gasteiger partial charge in [0.1, 0.15) is 0 Å². The van der Waals surface area contributed by atoms with E-state index in [0.29, 0.717) is 13.0 Å². The van der Waals surface area contributed by atoms with Crippen LogP contribution >= 0.6 is 7.60 Å². The van der Waals surface area contributed by atoms with Crippen molar-refractivity contribution in [2.45, 2.75) is 20.3 Å². The molecule has 0 spiro atoms. The van der Waals surface area contributed by atoms with Gasteiger partial charge in [-0.15, -0.1) is 0 Å². The highest BCUT2D eigenvalue weighted by Crippen LogP contribution is 2.42. The average molecular weight is 242 g/mol. The molecule has 0 aliphatic rings. The molecule has 0 amide bonds. The second-order valence-corrected chi connectivity index (χ2v) is 6.27. The van der Waals surface area contributed by atoms with Crippen LogP contribution in [0, 0.1) is 5.92 Å². The molecule has 0 aromatic heterocycles. The normalized spacial score (nSPS) is 15.0. The standard InChI is InChI=1S/C12H19O3P/c1-11(2)10-15-16(13,14)9-8-12-6-4-3-5-7-12/h3-7,11H,8-10H2,1-2H3,(H,13,14). The molecule has 0 heterocycles. The van der Waals surface area contributed by atoms with E-state index in [2.05, 4.69) is 0 Å². The van der Waals surface area contributed by atoms with Gasteiger partial charge in [-0.1, -0.05) is 44.2 Å². The lowest BCUT2D eigenvalue weighted by Gasteiger charge is -2.13. The molecular formula is C12H19O3P. The molecule has 0 saturated carbocycles. The van der Waals surface area contributed by atoms with Crippen LogP contribution in [0.15, 0.2) is 30.3 Å². The minimum absolute atomic E-state index is 0.184. The SMILES string of the molecule is CC(C)COP(=O)(O)CCc1ccccc1. The van der Waals surface area contributed by atoms with E-state index in [1.165, 1.54) is 0 Å². The van der Waals surface area contributed by atoms with Crippen molar-refractivity contribution in [1.29, 1.82) is 0 Å². The lowest BCUT2D eigenvalue weighted by atomic mass is 10.2. The monoisotopic (exact) mass is 242 g/mol. The van der Waals surface area contributed by atoms with Crippen LogP contribution < -0.4 is 0 Å². The lowest BCUT2D eigenvalue weighted by molar-refractivity contribution is 0.229. The molecule has 0 radical (unpaired) electrons. The fourth-order valence-electron chi connectivity index (χ4n) is 1.25. The highest BCUT2D eigenvalue weighted by molar-refractivity contribution is 7.52. The number of aryl methyl sites for hydroxylation is 1. The van der Waals surface area contributed by atoms with E-state index in [-0.39, 0.29) is 12.1 Å². The van der Waals surface area contributed by atoms with E-state index >= 15 is 0 Å². The van der Waals surface area contributed by atoms with Crippen molar-refractivity contribution in [3.05, 3.63) is 35.9 Å².